The number of hydrogen-bond acceptors (Lipinski definition) is 3. The Morgan fingerprint density at radius 3 is 2.94 bits per heavy atom. The number of carbonyl (C=O) groups is 2. The highest BCUT2D eigenvalue weighted by atomic mass is 16.4. The van der Waals surface area contributed by atoms with E-state index in [1.807, 2.05) is 0 Å². The molecule has 3 rings (SSSR count). The molecule has 0 bridgehead atoms. The number of rotatable bonds is 0. The van der Waals surface area contributed by atoms with Crippen molar-refractivity contribution in [1.82, 2.24) is 15.1 Å². The molecule has 3 aliphatic rings. The lowest BCUT2D eigenvalue weighted by Gasteiger charge is -2.57. The maximum absolute atomic E-state index is 11.6. The zero-order valence-corrected chi connectivity index (χ0v) is 8.98. The molecule has 3 aliphatic heterocycles. The molecule has 3 heterocycles. The predicted molar refractivity (Wildman–Crippen MR) is 55.1 cm³/mol. The highest BCUT2D eigenvalue weighted by molar-refractivity contribution is 5.83. The van der Waals surface area contributed by atoms with Gasteiger partial charge in [-0.1, -0.05) is 0 Å². The second-order valence-corrected chi connectivity index (χ2v) is 4.93. The van der Waals surface area contributed by atoms with Gasteiger partial charge in [0.05, 0.1) is 11.6 Å². The Bertz CT molecular complexity index is 351. The zero-order valence-electron chi connectivity index (χ0n) is 8.98. The van der Waals surface area contributed by atoms with Crippen molar-refractivity contribution >= 4 is 12.0 Å². The van der Waals surface area contributed by atoms with Gasteiger partial charge in [0.1, 0.15) is 0 Å². The molecule has 6 heteroatoms. The summed E-state index contributed by atoms with van der Waals surface area (Å²) >= 11 is 0. The van der Waals surface area contributed by atoms with E-state index >= 15 is 0 Å². The van der Waals surface area contributed by atoms with Gasteiger partial charge in [-0.2, -0.15) is 0 Å². The molecule has 0 aromatic carbocycles. The number of amides is 2. The van der Waals surface area contributed by atoms with Gasteiger partial charge in [0, 0.05) is 19.6 Å². The number of piperazine rings is 1. The molecular weight excluding hydrogens is 210 g/mol. The van der Waals surface area contributed by atoms with Crippen LogP contribution in [0.5, 0.6) is 0 Å². The third-order valence-corrected chi connectivity index (χ3v) is 4.00. The van der Waals surface area contributed by atoms with Crippen LogP contribution < -0.4 is 5.32 Å². The summed E-state index contributed by atoms with van der Waals surface area (Å²) in [7, 11) is 0. The van der Waals surface area contributed by atoms with E-state index in [9.17, 15) is 9.59 Å². The van der Waals surface area contributed by atoms with Crippen molar-refractivity contribution in [3.05, 3.63) is 0 Å². The quantitative estimate of drug-likeness (QED) is 0.572. The van der Waals surface area contributed by atoms with Gasteiger partial charge in [-0.25, -0.2) is 4.79 Å². The Hall–Kier alpha value is -1.30. The van der Waals surface area contributed by atoms with Crippen LogP contribution in [0.3, 0.4) is 0 Å². The number of fused-ring (bicyclic) bond motifs is 2. The minimum Gasteiger partial charge on any atom is -0.465 e. The van der Waals surface area contributed by atoms with Crippen LogP contribution in [-0.4, -0.2) is 64.7 Å². The van der Waals surface area contributed by atoms with Gasteiger partial charge in [-0.05, 0) is 19.4 Å². The van der Waals surface area contributed by atoms with Crippen LogP contribution >= 0.6 is 0 Å². The number of likely N-dealkylation sites (tertiary alicyclic amines) is 1. The Balaban J connectivity index is 1.77. The Labute approximate surface area is 93.2 Å². The Morgan fingerprint density at radius 1 is 1.50 bits per heavy atom. The minimum absolute atomic E-state index is 0.0234. The summed E-state index contributed by atoms with van der Waals surface area (Å²) in [4.78, 5) is 26.0. The van der Waals surface area contributed by atoms with Gasteiger partial charge >= 0.3 is 6.09 Å². The summed E-state index contributed by atoms with van der Waals surface area (Å²) in [5.74, 6) is 0.108. The second-order valence-electron chi connectivity index (χ2n) is 4.93. The number of nitrogens with zero attached hydrogens (tertiary/aromatic N) is 2. The highest BCUT2D eigenvalue weighted by Gasteiger charge is 2.56. The van der Waals surface area contributed by atoms with Gasteiger partial charge in [-0.15, -0.1) is 0 Å². The molecule has 88 valence electrons. The van der Waals surface area contributed by atoms with E-state index in [-0.39, 0.29) is 17.5 Å². The van der Waals surface area contributed by atoms with Gasteiger partial charge in [0.15, 0.2) is 0 Å². The van der Waals surface area contributed by atoms with Crippen molar-refractivity contribution in [1.29, 1.82) is 0 Å². The Kier molecular flexibility index (Phi) is 1.92. The molecule has 0 saturated carbocycles. The fourth-order valence-corrected chi connectivity index (χ4v) is 3.17. The van der Waals surface area contributed by atoms with E-state index in [2.05, 4.69) is 10.2 Å². The first-order valence-electron chi connectivity index (χ1n) is 5.65. The van der Waals surface area contributed by atoms with E-state index in [4.69, 9.17) is 5.11 Å². The number of hydrogen-bond donors (Lipinski definition) is 2. The van der Waals surface area contributed by atoms with Crippen LogP contribution in [0.2, 0.25) is 0 Å². The van der Waals surface area contributed by atoms with E-state index < -0.39 is 6.09 Å². The lowest BCUT2D eigenvalue weighted by atomic mass is 9.85. The van der Waals surface area contributed by atoms with Crippen molar-refractivity contribution in [3.8, 4) is 0 Å². The molecule has 0 unspecified atom stereocenters. The summed E-state index contributed by atoms with van der Waals surface area (Å²) in [5.41, 5.74) is -0.118. The first kappa shape index (κ1) is 9.89. The average molecular weight is 225 g/mol. The molecule has 3 fully saturated rings. The summed E-state index contributed by atoms with van der Waals surface area (Å²) in [6.07, 6.45) is 1.08. The van der Waals surface area contributed by atoms with Crippen molar-refractivity contribution in [2.24, 2.45) is 0 Å². The first-order chi connectivity index (χ1) is 7.62. The summed E-state index contributed by atoms with van der Waals surface area (Å²) < 4.78 is 0. The van der Waals surface area contributed by atoms with Gasteiger partial charge in [0.2, 0.25) is 5.91 Å². The van der Waals surface area contributed by atoms with Crippen LogP contribution in [0.15, 0.2) is 0 Å². The highest BCUT2D eigenvalue weighted by Crippen LogP contribution is 2.36. The third-order valence-electron chi connectivity index (χ3n) is 4.00. The van der Waals surface area contributed by atoms with Gasteiger partial charge in [0.25, 0.3) is 0 Å². The van der Waals surface area contributed by atoms with E-state index in [0.717, 1.165) is 19.4 Å². The van der Waals surface area contributed by atoms with Crippen LogP contribution in [0, 0.1) is 0 Å². The molecular formula is C10H15N3O3. The molecule has 16 heavy (non-hydrogen) atoms. The van der Waals surface area contributed by atoms with Gasteiger partial charge < -0.3 is 15.3 Å². The maximum Gasteiger partial charge on any atom is 0.407 e. The van der Waals surface area contributed by atoms with Crippen molar-refractivity contribution in [3.63, 3.8) is 0 Å². The molecule has 3 saturated heterocycles. The molecule has 1 atom stereocenters. The normalized spacial score (nSPS) is 32.1. The smallest absolute Gasteiger partial charge is 0.407 e. The lowest BCUT2D eigenvalue weighted by molar-refractivity contribution is -0.140. The van der Waals surface area contributed by atoms with Crippen molar-refractivity contribution in [2.75, 3.05) is 26.2 Å². The largest absolute Gasteiger partial charge is 0.465 e. The monoisotopic (exact) mass is 225 g/mol. The van der Waals surface area contributed by atoms with Crippen LogP contribution in [0.25, 0.3) is 0 Å². The SMILES string of the molecule is O=C1NCC2(CN(C(=O)O)C2)N2CCC[C@H]12. The van der Waals surface area contributed by atoms with Crippen LogP contribution in [0.1, 0.15) is 12.8 Å². The summed E-state index contributed by atoms with van der Waals surface area (Å²) in [6, 6.07) is -0.0234. The minimum atomic E-state index is -0.863. The number of carbonyl (C=O) groups excluding carboxylic acids is 1. The lowest BCUT2D eigenvalue weighted by Crippen LogP contribution is -2.79. The molecule has 0 aliphatic carbocycles. The first-order valence-corrected chi connectivity index (χ1v) is 5.65. The molecule has 0 radical (unpaired) electrons. The van der Waals surface area contributed by atoms with E-state index in [1.54, 1.807) is 0 Å². The fraction of sp³-hybridized carbons (Fsp3) is 0.800. The average Bonchev–Trinajstić information content (AvgIpc) is 2.64. The molecule has 2 N–H and O–H groups in total. The maximum atomic E-state index is 11.6. The predicted octanol–water partition coefficient (Wildman–Crippen LogP) is -0.687. The molecule has 6 nitrogen and oxygen atoms in total. The van der Waals surface area contributed by atoms with Crippen LogP contribution in [0.4, 0.5) is 4.79 Å². The molecule has 0 aromatic heterocycles. The topological polar surface area (TPSA) is 72.9 Å². The second kappa shape index (κ2) is 3.10. The summed E-state index contributed by atoms with van der Waals surface area (Å²) in [5, 5.41) is 11.8. The van der Waals surface area contributed by atoms with E-state index in [0.29, 0.717) is 19.6 Å². The number of carboxylic acid groups (broad SMARTS) is 1. The number of nitrogens with one attached hydrogen (secondary N) is 1. The standard InChI is InChI=1S/C10H15N3O3/c14-8-7-2-1-3-13(7)10(4-11-8)5-12(6-10)9(15)16/h7H,1-6H2,(H,11,14)(H,15,16)/t7-/m1/s1. The Morgan fingerprint density at radius 2 is 2.25 bits per heavy atom. The zero-order chi connectivity index (χ0) is 11.3. The fourth-order valence-electron chi connectivity index (χ4n) is 3.17. The molecule has 1 spiro atoms. The van der Waals surface area contributed by atoms with Crippen molar-refractivity contribution in [2.45, 2.75) is 24.4 Å². The van der Waals surface area contributed by atoms with Crippen molar-refractivity contribution < 1.29 is 14.7 Å². The molecule has 0 aromatic rings. The molecule has 2 amide bonds. The summed E-state index contributed by atoms with van der Waals surface area (Å²) in [6.45, 7) is 2.57. The van der Waals surface area contributed by atoms with Gasteiger partial charge in [-0.3, -0.25) is 9.69 Å². The van der Waals surface area contributed by atoms with Crippen LogP contribution in [-0.2, 0) is 4.79 Å². The third kappa shape index (κ3) is 1.16. The van der Waals surface area contributed by atoms with E-state index in [1.165, 1.54) is 4.90 Å².